The first-order valence-corrected chi connectivity index (χ1v) is 7.40. The van der Waals surface area contributed by atoms with E-state index in [4.69, 9.17) is 4.74 Å². The lowest BCUT2D eigenvalue weighted by Crippen LogP contribution is -2.20. The van der Waals surface area contributed by atoms with Gasteiger partial charge in [0.15, 0.2) is 0 Å². The molecule has 1 fully saturated rings. The molecular formula is C16H22N2O3. The van der Waals surface area contributed by atoms with E-state index in [1.165, 1.54) is 19.8 Å². The van der Waals surface area contributed by atoms with E-state index in [9.17, 15) is 9.59 Å². The molecule has 5 nitrogen and oxygen atoms in total. The number of rotatable bonds is 5. The Hall–Kier alpha value is -1.88. The number of amides is 1. The molecule has 1 heterocycles. The maximum atomic E-state index is 11.8. The van der Waals surface area contributed by atoms with Gasteiger partial charge in [-0.05, 0) is 56.6 Å². The van der Waals surface area contributed by atoms with Crippen LogP contribution in [0.25, 0.3) is 0 Å². The second-order valence-electron chi connectivity index (χ2n) is 5.26. The minimum atomic E-state index is -0.324. The van der Waals surface area contributed by atoms with Crippen LogP contribution < -0.4 is 5.32 Å². The maximum absolute atomic E-state index is 11.8. The topological polar surface area (TPSA) is 58.6 Å². The second-order valence-corrected chi connectivity index (χ2v) is 5.26. The Bertz CT molecular complexity index is 522. The molecule has 0 radical (unpaired) electrons. The number of hydrogen-bond donors (Lipinski definition) is 1. The first-order chi connectivity index (χ1) is 10.1. The smallest absolute Gasteiger partial charge is 0.338 e. The molecule has 0 bridgehead atoms. The van der Waals surface area contributed by atoms with Crippen molar-refractivity contribution in [2.24, 2.45) is 0 Å². The van der Waals surface area contributed by atoms with Gasteiger partial charge in [0.1, 0.15) is 0 Å². The normalized spacial score (nSPS) is 15.0. The summed E-state index contributed by atoms with van der Waals surface area (Å²) < 4.78 is 5.03. The Morgan fingerprint density at radius 1 is 1.29 bits per heavy atom. The Morgan fingerprint density at radius 3 is 2.62 bits per heavy atom. The summed E-state index contributed by atoms with van der Waals surface area (Å²) in [5, 5.41) is 2.83. The summed E-state index contributed by atoms with van der Waals surface area (Å²) in [6.45, 7) is 6.48. The van der Waals surface area contributed by atoms with Crippen LogP contribution in [0.4, 0.5) is 5.69 Å². The van der Waals surface area contributed by atoms with Crippen molar-refractivity contribution >= 4 is 17.6 Å². The SMILES string of the molecule is CCOC(=O)c1ccc(NC(C)=O)c(CN2CCCC2)c1. The van der Waals surface area contributed by atoms with E-state index in [-0.39, 0.29) is 11.9 Å². The number of ether oxygens (including phenoxy) is 1. The third-order valence-corrected chi connectivity index (χ3v) is 3.52. The molecule has 5 heteroatoms. The van der Waals surface area contributed by atoms with Crippen LogP contribution in [0.15, 0.2) is 18.2 Å². The van der Waals surface area contributed by atoms with E-state index in [0.29, 0.717) is 12.2 Å². The predicted molar refractivity (Wildman–Crippen MR) is 81.2 cm³/mol. The number of carbonyl (C=O) groups excluding carboxylic acids is 2. The van der Waals surface area contributed by atoms with Gasteiger partial charge in [0.25, 0.3) is 0 Å². The first-order valence-electron chi connectivity index (χ1n) is 7.40. The maximum Gasteiger partial charge on any atom is 0.338 e. The van der Waals surface area contributed by atoms with E-state index in [2.05, 4.69) is 10.2 Å². The Balaban J connectivity index is 2.23. The van der Waals surface area contributed by atoms with E-state index in [1.54, 1.807) is 19.1 Å². The quantitative estimate of drug-likeness (QED) is 0.846. The summed E-state index contributed by atoms with van der Waals surface area (Å²) in [6.07, 6.45) is 2.40. The molecule has 0 aliphatic carbocycles. The Labute approximate surface area is 125 Å². The molecule has 2 rings (SSSR count). The van der Waals surface area contributed by atoms with E-state index < -0.39 is 0 Å². The van der Waals surface area contributed by atoms with Crippen LogP contribution in [-0.4, -0.2) is 36.5 Å². The minimum Gasteiger partial charge on any atom is -0.462 e. The van der Waals surface area contributed by atoms with Crippen molar-refractivity contribution in [2.75, 3.05) is 25.0 Å². The molecule has 1 aromatic rings. The number of benzene rings is 1. The highest BCUT2D eigenvalue weighted by atomic mass is 16.5. The zero-order chi connectivity index (χ0) is 15.2. The molecule has 1 amide bonds. The van der Waals surface area contributed by atoms with Crippen molar-refractivity contribution in [3.63, 3.8) is 0 Å². The molecule has 0 saturated carbocycles. The van der Waals surface area contributed by atoms with Gasteiger partial charge in [-0.2, -0.15) is 0 Å². The molecule has 114 valence electrons. The fourth-order valence-corrected chi connectivity index (χ4v) is 2.56. The zero-order valence-electron chi connectivity index (χ0n) is 12.6. The van der Waals surface area contributed by atoms with Crippen LogP contribution in [0.3, 0.4) is 0 Å². The standard InChI is InChI=1S/C16H22N2O3/c1-3-21-16(20)13-6-7-15(17-12(2)19)14(10-13)11-18-8-4-5-9-18/h6-7,10H,3-5,8-9,11H2,1-2H3,(H,17,19). The van der Waals surface area contributed by atoms with Crippen LogP contribution in [0, 0.1) is 0 Å². The molecule has 0 aromatic heterocycles. The van der Waals surface area contributed by atoms with E-state index in [0.717, 1.165) is 30.9 Å². The molecule has 1 N–H and O–H groups in total. The van der Waals surface area contributed by atoms with Crippen LogP contribution in [0.1, 0.15) is 42.6 Å². The number of anilines is 1. The van der Waals surface area contributed by atoms with Gasteiger partial charge in [0.05, 0.1) is 12.2 Å². The van der Waals surface area contributed by atoms with Gasteiger partial charge in [0, 0.05) is 19.2 Å². The van der Waals surface area contributed by atoms with Crippen LogP contribution >= 0.6 is 0 Å². The molecule has 1 saturated heterocycles. The van der Waals surface area contributed by atoms with Gasteiger partial charge >= 0.3 is 5.97 Å². The number of hydrogen-bond acceptors (Lipinski definition) is 4. The van der Waals surface area contributed by atoms with E-state index >= 15 is 0 Å². The highest BCUT2D eigenvalue weighted by molar-refractivity contribution is 5.93. The summed E-state index contributed by atoms with van der Waals surface area (Å²) in [5.74, 6) is -0.434. The monoisotopic (exact) mass is 290 g/mol. The van der Waals surface area contributed by atoms with Gasteiger partial charge < -0.3 is 10.1 Å². The number of nitrogens with one attached hydrogen (secondary N) is 1. The lowest BCUT2D eigenvalue weighted by Gasteiger charge is -2.18. The summed E-state index contributed by atoms with van der Waals surface area (Å²) >= 11 is 0. The fourth-order valence-electron chi connectivity index (χ4n) is 2.56. The molecule has 0 atom stereocenters. The molecule has 1 aliphatic rings. The van der Waals surface area contributed by atoms with Crippen molar-refractivity contribution in [2.45, 2.75) is 33.2 Å². The van der Waals surface area contributed by atoms with Crippen LogP contribution in [-0.2, 0) is 16.1 Å². The largest absolute Gasteiger partial charge is 0.462 e. The molecule has 1 aliphatic heterocycles. The summed E-state index contributed by atoms with van der Waals surface area (Å²) in [4.78, 5) is 25.5. The van der Waals surface area contributed by atoms with Crippen LogP contribution in [0.5, 0.6) is 0 Å². The molecular weight excluding hydrogens is 268 g/mol. The van der Waals surface area contributed by atoms with Crippen molar-refractivity contribution in [3.8, 4) is 0 Å². The third-order valence-electron chi connectivity index (χ3n) is 3.52. The highest BCUT2D eigenvalue weighted by Gasteiger charge is 2.16. The number of carbonyl (C=O) groups is 2. The van der Waals surface area contributed by atoms with Gasteiger partial charge in [0.2, 0.25) is 5.91 Å². The van der Waals surface area contributed by atoms with Gasteiger partial charge in [-0.3, -0.25) is 9.69 Å². The average Bonchev–Trinajstić information content (AvgIpc) is 2.93. The highest BCUT2D eigenvalue weighted by Crippen LogP contribution is 2.22. The van der Waals surface area contributed by atoms with Crippen molar-refractivity contribution < 1.29 is 14.3 Å². The van der Waals surface area contributed by atoms with Crippen molar-refractivity contribution in [1.82, 2.24) is 4.90 Å². The summed E-state index contributed by atoms with van der Waals surface area (Å²) in [5.41, 5.74) is 2.25. The minimum absolute atomic E-state index is 0.110. The Kier molecular flexibility index (Phi) is 5.33. The second kappa shape index (κ2) is 7.22. The number of likely N-dealkylation sites (tertiary alicyclic amines) is 1. The molecule has 21 heavy (non-hydrogen) atoms. The fraction of sp³-hybridized carbons (Fsp3) is 0.500. The van der Waals surface area contributed by atoms with Gasteiger partial charge in [-0.15, -0.1) is 0 Å². The predicted octanol–water partition coefficient (Wildman–Crippen LogP) is 2.42. The van der Waals surface area contributed by atoms with E-state index in [1.807, 2.05) is 6.07 Å². The van der Waals surface area contributed by atoms with Gasteiger partial charge in [-0.25, -0.2) is 4.79 Å². The lowest BCUT2D eigenvalue weighted by molar-refractivity contribution is -0.114. The summed E-state index contributed by atoms with van der Waals surface area (Å²) in [6, 6.07) is 5.29. The molecule has 0 spiro atoms. The molecule has 1 aromatic carbocycles. The lowest BCUT2D eigenvalue weighted by atomic mass is 10.1. The molecule has 0 unspecified atom stereocenters. The average molecular weight is 290 g/mol. The van der Waals surface area contributed by atoms with Crippen LogP contribution in [0.2, 0.25) is 0 Å². The number of esters is 1. The summed E-state index contributed by atoms with van der Waals surface area (Å²) in [7, 11) is 0. The van der Waals surface area contributed by atoms with Gasteiger partial charge in [-0.1, -0.05) is 0 Å². The zero-order valence-corrected chi connectivity index (χ0v) is 12.6. The third kappa shape index (κ3) is 4.29. The first kappa shape index (κ1) is 15.5. The van der Waals surface area contributed by atoms with Crippen molar-refractivity contribution in [3.05, 3.63) is 29.3 Å². The number of nitrogens with zero attached hydrogens (tertiary/aromatic N) is 1. The van der Waals surface area contributed by atoms with Crippen molar-refractivity contribution in [1.29, 1.82) is 0 Å². The Morgan fingerprint density at radius 2 is 2.00 bits per heavy atom.